The highest BCUT2D eigenvalue weighted by molar-refractivity contribution is 7.10. The van der Waals surface area contributed by atoms with Crippen molar-refractivity contribution in [3.05, 3.63) is 50.7 Å². The number of hydrogen-bond acceptors (Lipinski definition) is 4. The Labute approximate surface area is 127 Å². The van der Waals surface area contributed by atoms with Gasteiger partial charge in [-0.1, -0.05) is 17.7 Å². The van der Waals surface area contributed by atoms with Crippen molar-refractivity contribution in [3.63, 3.8) is 0 Å². The van der Waals surface area contributed by atoms with E-state index in [-0.39, 0.29) is 5.75 Å². The third-order valence-electron chi connectivity index (χ3n) is 3.18. The summed E-state index contributed by atoms with van der Waals surface area (Å²) in [5.41, 5.74) is 0.563. The Morgan fingerprint density at radius 1 is 1.40 bits per heavy atom. The van der Waals surface area contributed by atoms with Gasteiger partial charge in [-0.05, 0) is 43.0 Å². The molecule has 0 aliphatic carbocycles. The van der Waals surface area contributed by atoms with Crippen LogP contribution in [-0.4, -0.2) is 16.8 Å². The third-order valence-corrected chi connectivity index (χ3v) is 4.52. The van der Waals surface area contributed by atoms with Crippen LogP contribution in [-0.2, 0) is 12.1 Å². The topological polar surface area (TPSA) is 52.5 Å². The Hall–Kier alpha value is -1.07. The fourth-order valence-corrected chi connectivity index (χ4v) is 3.13. The van der Waals surface area contributed by atoms with Crippen molar-refractivity contribution in [2.75, 3.05) is 6.54 Å². The molecular weight excluding hydrogens is 294 g/mol. The Kier molecular flexibility index (Phi) is 4.70. The molecule has 0 radical (unpaired) electrons. The molecule has 0 spiro atoms. The van der Waals surface area contributed by atoms with Gasteiger partial charge in [0.05, 0.1) is 0 Å². The maximum atomic E-state index is 10.4. The largest absolute Gasteiger partial charge is 0.507 e. The molecule has 1 aromatic carbocycles. The number of aryl methyl sites for hydroxylation is 1. The normalized spacial score (nSPS) is 14.2. The summed E-state index contributed by atoms with van der Waals surface area (Å²) < 4.78 is 0. The van der Waals surface area contributed by atoms with Gasteiger partial charge in [-0.3, -0.25) is 0 Å². The fourth-order valence-electron chi connectivity index (χ4n) is 2.05. The van der Waals surface area contributed by atoms with Gasteiger partial charge >= 0.3 is 0 Å². The van der Waals surface area contributed by atoms with Crippen molar-refractivity contribution >= 4 is 22.9 Å². The maximum absolute atomic E-state index is 10.4. The van der Waals surface area contributed by atoms with Crippen LogP contribution in [0, 0.1) is 6.92 Å². The fraction of sp³-hybridized carbons (Fsp3) is 0.333. The molecule has 0 saturated carbocycles. The summed E-state index contributed by atoms with van der Waals surface area (Å²) in [5.74, 6) is 0.248. The molecule has 2 aromatic rings. The van der Waals surface area contributed by atoms with Crippen LogP contribution >= 0.6 is 22.9 Å². The van der Waals surface area contributed by atoms with E-state index < -0.39 is 5.60 Å². The van der Waals surface area contributed by atoms with E-state index in [9.17, 15) is 10.2 Å². The number of halogens is 1. The second-order valence-electron chi connectivity index (χ2n) is 5.09. The van der Waals surface area contributed by atoms with Crippen LogP contribution in [0.4, 0.5) is 0 Å². The number of phenols is 1. The van der Waals surface area contributed by atoms with E-state index in [1.165, 1.54) is 11.3 Å². The van der Waals surface area contributed by atoms with Crippen LogP contribution in [0.3, 0.4) is 0 Å². The predicted molar refractivity (Wildman–Crippen MR) is 83.5 cm³/mol. The van der Waals surface area contributed by atoms with Crippen LogP contribution in [0.2, 0.25) is 5.02 Å². The first-order valence-electron chi connectivity index (χ1n) is 6.35. The zero-order chi connectivity index (χ0) is 14.8. The number of aromatic hydroxyl groups is 1. The molecule has 5 heteroatoms. The van der Waals surface area contributed by atoms with E-state index in [1.807, 2.05) is 24.4 Å². The Morgan fingerprint density at radius 2 is 2.15 bits per heavy atom. The van der Waals surface area contributed by atoms with Gasteiger partial charge in [-0.25, -0.2) is 0 Å². The highest BCUT2D eigenvalue weighted by atomic mass is 35.5. The van der Waals surface area contributed by atoms with Crippen molar-refractivity contribution in [2.45, 2.75) is 26.0 Å². The number of rotatable bonds is 5. The summed E-state index contributed by atoms with van der Waals surface area (Å²) in [6.07, 6.45) is 0. The first kappa shape index (κ1) is 15.3. The van der Waals surface area contributed by atoms with E-state index in [1.54, 1.807) is 19.1 Å². The second-order valence-corrected chi connectivity index (χ2v) is 6.47. The van der Waals surface area contributed by atoms with Gasteiger partial charge in [0.15, 0.2) is 0 Å². The first-order chi connectivity index (χ1) is 9.40. The van der Waals surface area contributed by atoms with E-state index >= 15 is 0 Å². The molecule has 20 heavy (non-hydrogen) atoms. The average molecular weight is 312 g/mol. The van der Waals surface area contributed by atoms with Gasteiger partial charge in [0.2, 0.25) is 0 Å². The quantitative estimate of drug-likeness (QED) is 0.793. The lowest BCUT2D eigenvalue weighted by molar-refractivity contribution is 0.0604. The Balaban J connectivity index is 2.00. The molecule has 1 unspecified atom stereocenters. The van der Waals surface area contributed by atoms with E-state index in [4.69, 9.17) is 11.6 Å². The molecule has 0 saturated heterocycles. The van der Waals surface area contributed by atoms with Crippen LogP contribution in [0.25, 0.3) is 0 Å². The van der Waals surface area contributed by atoms with Crippen LogP contribution < -0.4 is 5.32 Å². The molecule has 1 atom stereocenters. The number of phenolic OH excluding ortho intramolecular Hbond substituents is 1. The standard InChI is InChI=1S/C15H18ClNO2S/c1-10-6-12(16)7-11(14(10)18)8-17-9-15(2,19)13-4-3-5-20-13/h3-7,17-19H,8-9H2,1-2H3. The van der Waals surface area contributed by atoms with E-state index in [0.29, 0.717) is 18.1 Å². The predicted octanol–water partition coefficient (Wildman–Crippen LogP) is 3.41. The zero-order valence-corrected chi connectivity index (χ0v) is 13.1. The van der Waals surface area contributed by atoms with E-state index in [0.717, 1.165) is 16.0 Å². The summed E-state index contributed by atoms with van der Waals surface area (Å²) in [5, 5.41) is 26.1. The molecule has 0 bridgehead atoms. The minimum absolute atomic E-state index is 0.248. The lowest BCUT2D eigenvalue weighted by atomic mass is 10.0. The van der Waals surface area contributed by atoms with Gasteiger partial charge in [0.25, 0.3) is 0 Å². The minimum atomic E-state index is -0.919. The summed E-state index contributed by atoms with van der Waals surface area (Å²) >= 11 is 7.51. The molecule has 2 rings (SSSR count). The lowest BCUT2D eigenvalue weighted by Crippen LogP contribution is -2.34. The van der Waals surface area contributed by atoms with Crippen molar-refractivity contribution in [2.24, 2.45) is 0 Å². The Morgan fingerprint density at radius 3 is 2.80 bits per heavy atom. The number of aliphatic hydroxyl groups is 1. The SMILES string of the molecule is Cc1cc(Cl)cc(CNCC(C)(O)c2cccs2)c1O. The van der Waals surface area contributed by atoms with Gasteiger partial charge in [0, 0.05) is 28.6 Å². The second kappa shape index (κ2) is 6.14. The van der Waals surface area contributed by atoms with Crippen molar-refractivity contribution < 1.29 is 10.2 Å². The summed E-state index contributed by atoms with van der Waals surface area (Å²) in [6.45, 7) is 4.44. The third kappa shape index (κ3) is 3.52. The summed E-state index contributed by atoms with van der Waals surface area (Å²) in [7, 11) is 0. The molecule has 3 nitrogen and oxygen atoms in total. The lowest BCUT2D eigenvalue weighted by Gasteiger charge is -2.22. The molecule has 0 fully saturated rings. The highest BCUT2D eigenvalue weighted by Crippen LogP contribution is 2.27. The van der Waals surface area contributed by atoms with Gasteiger partial charge in [-0.2, -0.15) is 0 Å². The number of benzene rings is 1. The highest BCUT2D eigenvalue weighted by Gasteiger charge is 2.23. The molecule has 1 heterocycles. The van der Waals surface area contributed by atoms with Crippen LogP contribution in [0.15, 0.2) is 29.6 Å². The molecule has 108 valence electrons. The number of nitrogens with one attached hydrogen (secondary N) is 1. The van der Waals surface area contributed by atoms with E-state index in [2.05, 4.69) is 5.32 Å². The van der Waals surface area contributed by atoms with Gasteiger partial charge in [0.1, 0.15) is 11.4 Å². The van der Waals surface area contributed by atoms with Crippen LogP contribution in [0.5, 0.6) is 5.75 Å². The molecule has 3 N–H and O–H groups in total. The van der Waals surface area contributed by atoms with Crippen molar-refractivity contribution in [1.29, 1.82) is 0 Å². The molecule has 1 aromatic heterocycles. The molecule has 0 aliphatic rings. The zero-order valence-electron chi connectivity index (χ0n) is 11.5. The van der Waals surface area contributed by atoms with Crippen molar-refractivity contribution in [3.8, 4) is 5.75 Å². The van der Waals surface area contributed by atoms with Gasteiger partial charge in [-0.15, -0.1) is 11.3 Å². The molecular formula is C15H18ClNO2S. The first-order valence-corrected chi connectivity index (χ1v) is 7.61. The minimum Gasteiger partial charge on any atom is -0.507 e. The molecule has 0 amide bonds. The maximum Gasteiger partial charge on any atom is 0.123 e. The summed E-state index contributed by atoms with van der Waals surface area (Å²) in [6, 6.07) is 7.28. The molecule has 0 aliphatic heterocycles. The van der Waals surface area contributed by atoms with Crippen LogP contribution in [0.1, 0.15) is 22.9 Å². The monoisotopic (exact) mass is 311 g/mol. The average Bonchev–Trinajstić information content (AvgIpc) is 2.89. The number of hydrogen-bond donors (Lipinski definition) is 3. The van der Waals surface area contributed by atoms with Crippen molar-refractivity contribution in [1.82, 2.24) is 5.32 Å². The Bertz CT molecular complexity index is 582. The summed E-state index contributed by atoms with van der Waals surface area (Å²) in [4.78, 5) is 0.913. The number of thiophene rings is 1. The smallest absolute Gasteiger partial charge is 0.123 e. The van der Waals surface area contributed by atoms with Gasteiger partial charge < -0.3 is 15.5 Å².